The lowest BCUT2D eigenvalue weighted by atomic mass is 10.0. The number of carbonyl (C=O) groups is 1. The predicted octanol–water partition coefficient (Wildman–Crippen LogP) is 0.0376. The van der Waals surface area contributed by atoms with E-state index in [1.165, 1.54) is 21.4 Å². The SMILES string of the molecule is COc1ccc(F)cc1C[NH+]1CC[NH+](CC(=O)NC[C@H](C)c2ccccc2)CC1. The number of rotatable bonds is 8. The molecule has 1 aliphatic rings. The number of amides is 1. The molecule has 1 amide bonds. The topological polar surface area (TPSA) is 47.2 Å². The molecule has 29 heavy (non-hydrogen) atoms. The van der Waals surface area contributed by atoms with Gasteiger partial charge in [-0.25, -0.2) is 4.39 Å². The first kappa shape index (κ1) is 21.3. The highest BCUT2D eigenvalue weighted by Crippen LogP contribution is 2.18. The van der Waals surface area contributed by atoms with Crippen molar-refractivity contribution in [2.45, 2.75) is 19.4 Å². The average molecular weight is 402 g/mol. The second kappa shape index (κ2) is 10.4. The number of hydrogen-bond donors (Lipinski definition) is 3. The van der Waals surface area contributed by atoms with E-state index in [0.29, 0.717) is 19.0 Å². The van der Waals surface area contributed by atoms with Crippen molar-refractivity contribution in [3.05, 3.63) is 65.5 Å². The van der Waals surface area contributed by atoms with Crippen LogP contribution in [-0.2, 0) is 11.3 Å². The van der Waals surface area contributed by atoms with E-state index in [1.807, 2.05) is 18.2 Å². The molecular formula is C23H32FN3O2+2. The molecule has 0 spiro atoms. The molecule has 0 unspecified atom stereocenters. The Morgan fingerprint density at radius 3 is 2.48 bits per heavy atom. The fraction of sp³-hybridized carbons (Fsp3) is 0.435. The summed E-state index contributed by atoms with van der Waals surface area (Å²) in [6, 6.07) is 14.9. The Morgan fingerprint density at radius 1 is 1.10 bits per heavy atom. The van der Waals surface area contributed by atoms with Crippen LogP contribution in [0, 0.1) is 5.82 Å². The Bertz CT molecular complexity index is 792. The van der Waals surface area contributed by atoms with E-state index >= 15 is 0 Å². The third-order valence-corrected chi connectivity index (χ3v) is 5.73. The third kappa shape index (κ3) is 6.27. The fourth-order valence-corrected chi connectivity index (χ4v) is 3.92. The Labute approximate surface area is 172 Å². The smallest absolute Gasteiger partial charge is 0.275 e. The molecular weight excluding hydrogens is 369 g/mol. The van der Waals surface area contributed by atoms with Crippen LogP contribution in [-0.4, -0.2) is 52.3 Å². The molecule has 2 aromatic rings. The first-order valence-corrected chi connectivity index (χ1v) is 10.4. The van der Waals surface area contributed by atoms with Crippen LogP contribution >= 0.6 is 0 Å². The molecule has 6 heteroatoms. The minimum absolute atomic E-state index is 0.109. The maximum Gasteiger partial charge on any atom is 0.275 e. The standard InChI is InChI=1S/C23H30FN3O2/c1-18(19-6-4-3-5-7-19)15-25-23(28)17-27-12-10-26(11-13-27)16-20-14-21(24)8-9-22(20)29-2/h3-9,14,18H,10-13,15-17H2,1-2H3,(H,25,28)/p+2/t18-/m0/s1. The highest BCUT2D eigenvalue weighted by Gasteiger charge is 2.25. The molecule has 3 rings (SSSR count). The number of hydrogen-bond acceptors (Lipinski definition) is 2. The zero-order valence-electron chi connectivity index (χ0n) is 17.3. The maximum atomic E-state index is 13.6. The van der Waals surface area contributed by atoms with Crippen LogP contribution in [0.1, 0.15) is 24.0 Å². The molecule has 1 atom stereocenters. The van der Waals surface area contributed by atoms with E-state index in [9.17, 15) is 9.18 Å². The average Bonchev–Trinajstić information content (AvgIpc) is 2.74. The van der Waals surface area contributed by atoms with Crippen molar-refractivity contribution < 1.29 is 23.7 Å². The van der Waals surface area contributed by atoms with Crippen molar-refractivity contribution >= 4 is 5.91 Å². The van der Waals surface area contributed by atoms with Gasteiger partial charge >= 0.3 is 0 Å². The van der Waals surface area contributed by atoms with Gasteiger partial charge in [0, 0.05) is 6.54 Å². The molecule has 5 nitrogen and oxygen atoms in total. The molecule has 0 bridgehead atoms. The largest absolute Gasteiger partial charge is 0.496 e. The summed E-state index contributed by atoms with van der Waals surface area (Å²) in [6.07, 6.45) is 0. The number of methoxy groups -OCH3 is 1. The van der Waals surface area contributed by atoms with Gasteiger partial charge in [0.15, 0.2) is 6.54 Å². The number of quaternary nitrogens is 2. The number of carbonyl (C=O) groups excluding carboxylic acids is 1. The van der Waals surface area contributed by atoms with Gasteiger partial charge in [0.05, 0.1) is 12.7 Å². The second-order valence-electron chi connectivity index (χ2n) is 7.93. The lowest BCUT2D eigenvalue weighted by Gasteiger charge is -2.29. The van der Waals surface area contributed by atoms with Gasteiger partial charge in [-0.1, -0.05) is 37.3 Å². The zero-order valence-corrected chi connectivity index (χ0v) is 17.3. The van der Waals surface area contributed by atoms with Crippen LogP contribution in [0.2, 0.25) is 0 Å². The van der Waals surface area contributed by atoms with Crippen LogP contribution in [0.4, 0.5) is 4.39 Å². The summed E-state index contributed by atoms with van der Waals surface area (Å²) in [5, 5.41) is 3.08. The summed E-state index contributed by atoms with van der Waals surface area (Å²) in [7, 11) is 1.62. The number of nitrogens with one attached hydrogen (secondary N) is 3. The quantitative estimate of drug-likeness (QED) is 0.585. The summed E-state index contributed by atoms with van der Waals surface area (Å²) in [4.78, 5) is 15.1. The van der Waals surface area contributed by atoms with Gasteiger partial charge in [0.2, 0.25) is 0 Å². The van der Waals surface area contributed by atoms with Gasteiger partial charge < -0.3 is 19.9 Å². The van der Waals surface area contributed by atoms with Crippen molar-refractivity contribution in [2.24, 2.45) is 0 Å². The Balaban J connectivity index is 1.40. The molecule has 1 fully saturated rings. The second-order valence-corrected chi connectivity index (χ2v) is 7.93. The van der Waals surface area contributed by atoms with Gasteiger partial charge in [-0.05, 0) is 29.7 Å². The normalized spacial score (nSPS) is 20.1. The molecule has 3 N–H and O–H groups in total. The monoisotopic (exact) mass is 401 g/mol. The first-order valence-electron chi connectivity index (χ1n) is 10.4. The van der Waals surface area contributed by atoms with Crippen LogP contribution < -0.4 is 19.9 Å². The Hall–Kier alpha value is -2.44. The lowest BCUT2D eigenvalue weighted by molar-refractivity contribution is -1.02. The van der Waals surface area contributed by atoms with Gasteiger partial charge in [-0.2, -0.15) is 0 Å². The van der Waals surface area contributed by atoms with Crippen molar-refractivity contribution in [3.63, 3.8) is 0 Å². The number of piperazine rings is 1. The minimum Gasteiger partial charge on any atom is -0.496 e. The van der Waals surface area contributed by atoms with E-state index in [0.717, 1.165) is 44.0 Å². The molecule has 1 saturated heterocycles. The van der Waals surface area contributed by atoms with E-state index in [2.05, 4.69) is 24.4 Å². The van der Waals surface area contributed by atoms with Crippen LogP contribution in [0.5, 0.6) is 5.75 Å². The minimum atomic E-state index is -0.231. The third-order valence-electron chi connectivity index (χ3n) is 5.73. The van der Waals surface area contributed by atoms with Gasteiger partial charge in [0.25, 0.3) is 5.91 Å². The van der Waals surface area contributed by atoms with Crippen LogP contribution in [0.15, 0.2) is 48.5 Å². The van der Waals surface area contributed by atoms with Gasteiger partial charge in [-0.15, -0.1) is 0 Å². The molecule has 1 aliphatic heterocycles. The van der Waals surface area contributed by atoms with Gasteiger partial charge in [-0.3, -0.25) is 4.79 Å². The van der Waals surface area contributed by atoms with Crippen molar-refractivity contribution in [1.82, 2.24) is 5.32 Å². The summed E-state index contributed by atoms with van der Waals surface area (Å²) in [5.41, 5.74) is 2.14. The molecule has 0 radical (unpaired) electrons. The number of benzene rings is 2. The zero-order chi connectivity index (χ0) is 20.6. The lowest BCUT2D eigenvalue weighted by Crippen LogP contribution is -3.28. The molecule has 0 aromatic heterocycles. The maximum absolute atomic E-state index is 13.6. The molecule has 2 aromatic carbocycles. The number of ether oxygens (including phenoxy) is 1. The van der Waals surface area contributed by atoms with Gasteiger partial charge in [0.1, 0.15) is 44.3 Å². The van der Waals surface area contributed by atoms with Crippen molar-refractivity contribution in [2.75, 3.05) is 46.4 Å². The molecule has 156 valence electrons. The van der Waals surface area contributed by atoms with Crippen molar-refractivity contribution in [1.29, 1.82) is 0 Å². The Morgan fingerprint density at radius 2 is 1.79 bits per heavy atom. The summed E-state index contributed by atoms with van der Waals surface area (Å²) >= 11 is 0. The highest BCUT2D eigenvalue weighted by molar-refractivity contribution is 5.76. The fourth-order valence-electron chi connectivity index (χ4n) is 3.92. The highest BCUT2D eigenvalue weighted by atomic mass is 19.1. The van der Waals surface area contributed by atoms with E-state index in [4.69, 9.17) is 4.74 Å². The summed E-state index contributed by atoms with van der Waals surface area (Å²) in [6.45, 7) is 7.85. The van der Waals surface area contributed by atoms with E-state index in [1.54, 1.807) is 19.2 Å². The summed E-state index contributed by atoms with van der Waals surface area (Å²) < 4.78 is 18.9. The molecule has 0 aliphatic carbocycles. The first-order chi connectivity index (χ1) is 14.0. The summed E-state index contributed by atoms with van der Waals surface area (Å²) in [5.74, 6) is 0.919. The molecule has 1 heterocycles. The number of halogens is 1. The van der Waals surface area contributed by atoms with Crippen molar-refractivity contribution in [3.8, 4) is 5.75 Å². The molecule has 0 saturated carbocycles. The van der Waals surface area contributed by atoms with Crippen LogP contribution in [0.3, 0.4) is 0 Å². The van der Waals surface area contributed by atoms with Crippen LogP contribution in [0.25, 0.3) is 0 Å². The van der Waals surface area contributed by atoms with E-state index in [-0.39, 0.29) is 11.7 Å². The van der Waals surface area contributed by atoms with E-state index < -0.39 is 0 Å². The Kier molecular flexibility index (Phi) is 7.61. The predicted molar refractivity (Wildman–Crippen MR) is 111 cm³/mol.